The number of phenolic OH excluding ortho intramolecular Hbond substituents is 1. The lowest BCUT2D eigenvalue weighted by Gasteiger charge is -2.51. The smallest absolute Gasteiger partial charge is 0.408 e. The van der Waals surface area contributed by atoms with Gasteiger partial charge >= 0.3 is 6.09 Å². The molecule has 0 radical (unpaired) electrons. The van der Waals surface area contributed by atoms with Crippen molar-refractivity contribution in [3.05, 3.63) is 166 Å². The summed E-state index contributed by atoms with van der Waals surface area (Å²) in [5.74, 6) is 1.15. The molecule has 1 aromatic heterocycles. The van der Waals surface area contributed by atoms with Crippen LogP contribution in [0.15, 0.2) is 138 Å². The highest BCUT2D eigenvalue weighted by Gasteiger charge is 2.48. The second-order valence-corrected chi connectivity index (χ2v) is 18.2. The van der Waals surface area contributed by atoms with Crippen LogP contribution >= 0.6 is 0 Å². The molecule has 3 saturated heterocycles. The van der Waals surface area contributed by atoms with E-state index in [1.54, 1.807) is 12.1 Å². The van der Waals surface area contributed by atoms with Gasteiger partial charge in [-0.1, -0.05) is 129 Å². The predicted molar refractivity (Wildman–Crippen MR) is 259 cm³/mol. The van der Waals surface area contributed by atoms with Crippen molar-refractivity contribution >= 4 is 22.8 Å². The van der Waals surface area contributed by atoms with Gasteiger partial charge in [0, 0.05) is 42.3 Å². The number of unbranched alkanes of at least 4 members (excludes halogenated alkanes) is 6. The first-order chi connectivity index (χ1) is 32.2. The highest BCUT2D eigenvalue weighted by atomic mass is 16.6. The molecule has 3 aliphatic rings. The molecule has 3 atom stereocenters. The molecule has 1 amide bonds. The standard InChI is InChI=1S/C55H62N4O7/c60-48-25-23-46(47-24-26-52(63)57-54(47)48)49(61)36-56-29-15-4-2-1-3-5-16-32-65-45-34-43(39-17-9-6-10-18-39)33-44(35-45)53(42-21-13-8-14-22-42)58-55(64)66-51-38-59(30-27-41(51)28-31-59)37-50(62)40-19-11-7-12-20-40/h6-14,17-26,33-35,41,49,51,53,56,61H,1-5,15-16,27-32,36-38H2,(H2-,57,58,60,63,64)/p+1/t41?,49?,51-,53?,59?/m0/s1. The van der Waals surface area contributed by atoms with Crippen LogP contribution in [0.3, 0.4) is 0 Å². The molecule has 11 nitrogen and oxygen atoms in total. The average molecular weight is 892 g/mol. The van der Waals surface area contributed by atoms with E-state index in [-0.39, 0.29) is 29.1 Å². The van der Waals surface area contributed by atoms with Crippen molar-refractivity contribution in [3.63, 3.8) is 0 Å². The fourth-order valence-electron chi connectivity index (χ4n) is 9.88. The minimum absolute atomic E-state index is 0.0180. The summed E-state index contributed by atoms with van der Waals surface area (Å²) in [6.07, 6.45) is 7.86. The van der Waals surface area contributed by atoms with Crippen LogP contribution in [0.25, 0.3) is 22.0 Å². The fourth-order valence-corrected chi connectivity index (χ4v) is 9.88. The number of benzene rings is 5. The van der Waals surface area contributed by atoms with E-state index in [4.69, 9.17) is 9.47 Å². The summed E-state index contributed by atoms with van der Waals surface area (Å²) < 4.78 is 13.4. The largest absolute Gasteiger partial charge is 0.506 e. The zero-order valence-electron chi connectivity index (χ0n) is 37.7. The minimum atomic E-state index is -0.764. The normalized spacial score (nSPS) is 18.7. The van der Waals surface area contributed by atoms with E-state index >= 15 is 0 Å². The Morgan fingerprint density at radius 1 is 0.742 bits per heavy atom. The molecule has 2 bridgehead atoms. The number of alkyl carbamates (subject to hydrolysis) is 1. The molecule has 11 heteroatoms. The zero-order chi connectivity index (χ0) is 45.7. The lowest BCUT2D eigenvalue weighted by molar-refractivity contribution is -0.938. The second kappa shape index (κ2) is 22.3. The van der Waals surface area contributed by atoms with Crippen LogP contribution < -0.4 is 20.9 Å². The van der Waals surface area contributed by atoms with Gasteiger partial charge in [-0.25, -0.2) is 4.79 Å². The van der Waals surface area contributed by atoms with Gasteiger partial charge in [0.1, 0.15) is 24.6 Å². The van der Waals surface area contributed by atoms with Gasteiger partial charge in [0.25, 0.3) is 0 Å². The summed E-state index contributed by atoms with van der Waals surface area (Å²) in [6, 6.07) is 41.7. The SMILES string of the molecule is O=C(NC(c1ccccc1)c1cc(OCCCCCCCCCNCC(O)c2ccc(O)c3[nH]c(=O)ccc23)cc(-c2ccccc2)c1)O[C@H]1C[N+]2(CC(=O)c3ccccc3)CCC1CC2. The minimum Gasteiger partial charge on any atom is -0.506 e. The third kappa shape index (κ3) is 11.9. The summed E-state index contributed by atoms with van der Waals surface area (Å²) >= 11 is 0. The fraction of sp³-hybridized carbons (Fsp3) is 0.364. The number of carbonyl (C=O) groups is 2. The number of amides is 1. The lowest BCUT2D eigenvalue weighted by atomic mass is 9.83. The Morgan fingerprint density at radius 2 is 1.42 bits per heavy atom. The highest BCUT2D eigenvalue weighted by Crippen LogP contribution is 2.37. The van der Waals surface area contributed by atoms with E-state index in [1.807, 2.05) is 84.9 Å². The Kier molecular flexibility index (Phi) is 15.6. The average Bonchev–Trinajstić information content (AvgIpc) is 3.34. The van der Waals surface area contributed by atoms with Crippen molar-refractivity contribution in [1.29, 1.82) is 0 Å². The van der Waals surface area contributed by atoms with Gasteiger partial charge in [0.2, 0.25) is 11.3 Å². The number of nitrogens with one attached hydrogen (secondary N) is 3. The van der Waals surface area contributed by atoms with Crippen molar-refractivity contribution < 1.29 is 33.8 Å². The molecule has 344 valence electrons. The van der Waals surface area contributed by atoms with Crippen molar-refractivity contribution in [2.24, 2.45) is 5.92 Å². The molecular formula is C55H63N4O7+. The number of ketones is 1. The Labute approximate surface area is 387 Å². The molecule has 5 aromatic carbocycles. The Hall–Kier alpha value is -6.27. The predicted octanol–water partition coefficient (Wildman–Crippen LogP) is 9.64. The molecule has 0 spiro atoms. The van der Waals surface area contributed by atoms with Gasteiger partial charge in [-0.05, 0) is 77.5 Å². The maximum absolute atomic E-state index is 14.0. The topological polar surface area (TPSA) is 150 Å². The number of rotatable bonds is 22. The maximum Gasteiger partial charge on any atom is 0.408 e. The number of pyridine rings is 1. The van der Waals surface area contributed by atoms with Crippen LogP contribution in [0, 0.1) is 5.92 Å². The number of nitrogens with zero attached hydrogens (tertiary/aromatic N) is 1. The van der Waals surface area contributed by atoms with Gasteiger partial charge in [0.15, 0.2) is 6.10 Å². The van der Waals surface area contributed by atoms with E-state index in [9.17, 15) is 24.6 Å². The van der Waals surface area contributed by atoms with Gasteiger partial charge in [-0.15, -0.1) is 0 Å². The Bertz CT molecular complexity index is 2580. The van der Waals surface area contributed by atoms with Gasteiger partial charge in [-0.3, -0.25) is 9.59 Å². The number of phenols is 1. The van der Waals surface area contributed by atoms with E-state index in [2.05, 4.69) is 39.9 Å². The highest BCUT2D eigenvalue weighted by molar-refractivity contribution is 5.97. The number of aromatic nitrogens is 1. The number of Topliss-reactive ketones (excluding diaryl/α,β-unsaturated/α-hetero) is 1. The van der Waals surface area contributed by atoms with Crippen LogP contribution in [0.5, 0.6) is 11.5 Å². The quantitative estimate of drug-likeness (QED) is 0.0257. The number of piperidine rings is 3. The molecule has 3 fully saturated rings. The number of aromatic hydroxyl groups is 1. The molecule has 0 aliphatic carbocycles. The molecule has 6 aromatic rings. The number of aliphatic hydroxyl groups is 1. The number of aliphatic hydroxyl groups excluding tert-OH is 1. The Balaban J connectivity index is 0.821. The van der Waals surface area contributed by atoms with E-state index in [1.165, 1.54) is 12.1 Å². The number of hydrogen-bond donors (Lipinski definition) is 5. The van der Waals surface area contributed by atoms with Crippen LogP contribution in [-0.2, 0) is 4.74 Å². The second-order valence-electron chi connectivity index (χ2n) is 18.2. The first kappa shape index (κ1) is 46.3. The summed E-state index contributed by atoms with van der Waals surface area (Å²) in [4.78, 5) is 41.7. The molecule has 66 heavy (non-hydrogen) atoms. The number of hydrogen-bond acceptors (Lipinski definition) is 8. The van der Waals surface area contributed by atoms with Crippen LogP contribution in [0.2, 0.25) is 0 Å². The van der Waals surface area contributed by atoms with Crippen LogP contribution in [-0.4, -0.2) is 83.5 Å². The third-order valence-corrected chi connectivity index (χ3v) is 13.5. The lowest BCUT2D eigenvalue weighted by Crippen LogP contribution is -2.66. The van der Waals surface area contributed by atoms with Crippen LogP contribution in [0.1, 0.15) is 97.0 Å². The number of ether oxygens (including phenoxy) is 2. The van der Waals surface area contributed by atoms with Crippen molar-refractivity contribution in [2.45, 2.75) is 76.0 Å². The van der Waals surface area contributed by atoms with Gasteiger partial charge in [-0.2, -0.15) is 0 Å². The van der Waals surface area contributed by atoms with Gasteiger partial charge < -0.3 is 39.8 Å². The molecule has 3 aliphatic heterocycles. The van der Waals surface area contributed by atoms with Gasteiger partial charge in [0.05, 0.1) is 37.4 Å². The first-order valence-corrected chi connectivity index (χ1v) is 23.8. The van der Waals surface area contributed by atoms with Crippen molar-refractivity contribution in [2.75, 3.05) is 45.9 Å². The van der Waals surface area contributed by atoms with E-state index in [0.717, 1.165) is 111 Å². The number of H-pyrrole nitrogens is 1. The first-order valence-electron chi connectivity index (χ1n) is 23.8. The number of aromatic amines is 1. The summed E-state index contributed by atoms with van der Waals surface area (Å²) in [7, 11) is 0. The molecule has 5 N–H and O–H groups in total. The third-order valence-electron chi connectivity index (χ3n) is 13.5. The summed E-state index contributed by atoms with van der Waals surface area (Å²) in [5, 5.41) is 28.2. The maximum atomic E-state index is 14.0. The van der Waals surface area contributed by atoms with E-state index < -0.39 is 18.2 Å². The molecule has 4 heterocycles. The zero-order valence-corrected chi connectivity index (χ0v) is 37.7. The van der Waals surface area contributed by atoms with Crippen molar-refractivity contribution in [1.82, 2.24) is 15.6 Å². The molecular weight excluding hydrogens is 829 g/mol. The molecule has 0 saturated carbocycles. The summed E-state index contributed by atoms with van der Waals surface area (Å²) in [6.45, 7) is 4.67. The molecule has 9 rings (SSSR count). The Morgan fingerprint density at radius 3 is 2.17 bits per heavy atom. The molecule has 2 unspecified atom stereocenters. The number of quaternary nitrogens is 1. The van der Waals surface area contributed by atoms with E-state index in [0.29, 0.717) is 47.2 Å². The monoisotopic (exact) mass is 891 g/mol. The number of carbonyl (C=O) groups excluding carboxylic acids is 2. The summed E-state index contributed by atoms with van der Waals surface area (Å²) in [5.41, 5.74) is 5.32. The van der Waals surface area contributed by atoms with Crippen molar-refractivity contribution in [3.8, 4) is 22.6 Å². The van der Waals surface area contributed by atoms with Crippen LogP contribution in [0.4, 0.5) is 4.79 Å². The number of fused-ring (bicyclic) bond motifs is 4.